The summed E-state index contributed by atoms with van der Waals surface area (Å²) in [5, 5.41) is 9.42. The molecule has 146 valence electrons. The Morgan fingerprint density at radius 2 is 1.96 bits per heavy atom. The molecule has 0 aliphatic heterocycles. The van der Waals surface area contributed by atoms with Crippen molar-refractivity contribution in [1.82, 2.24) is 10.6 Å². The van der Waals surface area contributed by atoms with Gasteiger partial charge in [-0.15, -0.1) is 24.0 Å². The van der Waals surface area contributed by atoms with Gasteiger partial charge in [0.25, 0.3) is 0 Å². The maximum atomic E-state index is 11.7. The number of guanidine groups is 1. The first-order chi connectivity index (χ1) is 12.2. The smallest absolute Gasteiger partial charge is 0.220 e. The van der Waals surface area contributed by atoms with Gasteiger partial charge < -0.3 is 25.4 Å². The number of nitrogens with one attached hydrogen (secondary N) is 3. The van der Waals surface area contributed by atoms with Crippen LogP contribution in [0.3, 0.4) is 0 Å². The Balaban J connectivity index is 0.00000338. The van der Waals surface area contributed by atoms with Crippen LogP contribution in [0.15, 0.2) is 23.2 Å². The minimum atomic E-state index is 0. The lowest BCUT2D eigenvalue weighted by atomic mass is 10.2. The molecule has 26 heavy (non-hydrogen) atoms. The molecule has 7 nitrogen and oxygen atoms in total. The summed E-state index contributed by atoms with van der Waals surface area (Å²) in [5.74, 6) is 2.13. The largest absolute Gasteiger partial charge is 0.493 e. The molecule has 0 aromatic heterocycles. The van der Waals surface area contributed by atoms with Gasteiger partial charge in [0.1, 0.15) is 0 Å². The van der Waals surface area contributed by atoms with Crippen LogP contribution in [0.4, 0.5) is 5.69 Å². The van der Waals surface area contributed by atoms with E-state index < -0.39 is 0 Å². The van der Waals surface area contributed by atoms with Crippen LogP contribution < -0.4 is 25.4 Å². The van der Waals surface area contributed by atoms with E-state index in [-0.39, 0.29) is 29.9 Å². The van der Waals surface area contributed by atoms with Gasteiger partial charge in [-0.1, -0.05) is 0 Å². The molecular formula is C18H29IN4O3. The first-order valence-corrected chi connectivity index (χ1v) is 8.73. The van der Waals surface area contributed by atoms with Gasteiger partial charge in [0.05, 0.1) is 14.2 Å². The van der Waals surface area contributed by atoms with E-state index in [4.69, 9.17) is 9.47 Å². The van der Waals surface area contributed by atoms with Crippen molar-refractivity contribution < 1.29 is 14.3 Å². The van der Waals surface area contributed by atoms with Gasteiger partial charge in [0.15, 0.2) is 17.5 Å². The molecule has 0 saturated heterocycles. The highest BCUT2D eigenvalue weighted by molar-refractivity contribution is 14.0. The number of carbonyl (C=O) groups is 1. The number of ether oxygens (including phenoxy) is 2. The maximum absolute atomic E-state index is 11.7. The van der Waals surface area contributed by atoms with Crippen molar-refractivity contribution in [2.24, 2.45) is 4.99 Å². The van der Waals surface area contributed by atoms with Crippen molar-refractivity contribution in [2.75, 3.05) is 32.6 Å². The summed E-state index contributed by atoms with van der Waals surface area (Å²) in [6.07, 6.45) is 3.46. The van der Waals surface area contributed by atoms with E-state index in [0.29, 0.717) is 36.5 Å². The van der Waals surface area contributed by atoms with Crippen LogP contribution in [0.25, 0.3) is 0 Å². The van der Waals surface area contributed by atoms with Gasteiger partial charge in [0, 0.05) is 37.3 Å². The van der Waals surface area contributed by atoms with Crippen LogP contribution in [-0.4, -0.2) is 45.2 Å². The van der Waals surface area contributed by atoms with Gasteiger partial charge in [-0.25, -0.2) is 0 Å². The van der Waals surface area contributed by atoms with E-state index in [2.05, 4.69) is 20.9 Å². The molecule has 0 spiro atoms. The molecule has 1 fully saturated rings. The Kier molecular flexibility index (Phi) is 10.2. The third kappa shape index (κ3) is 7.67. The molecule has 0 unspecified atom stereocenters. The highest BCUT2D eigenvalue weighted by atomic mass is 127. The summed E-state index contributed by atoms with van der Waals surface area (Å²) in [5.41, 5.74) is 0.851. The molecule has 1 aromatic rings. The van der Waals surface area contributed by atoms with Crippen molar-refractivity contribution in [1.29, 1.82) is 0 Å². The molecular weight excluding hydrogens is 447 g/mol. The number of hydrogen-bond donors (Lipinski definition) is 3. The van der Waals surface area contributed by atoms with Crippen molar-refractivity contribution in [3.05, 3.63) is 18.2 Å². The molecule has 1 amide bonds. The summed E-state index contributed by atoms with van der Waals surface area (Å²) < 4.78 is 10.6. The SMILES string of the molecule is CCNC(=NCCCC(=O)NC1CC1)Nc1ccc(OC)c(OC)c1.I. The number of carbonyl (C=O) groups excluding carboxylic acids is 1. The van der Waals surface area contributed by atoms with Crippen LogP contribution in [-0.2, 0) is 4.79 Å². The van der Waals surface area contributed by atoms with Gasteiger partial charge >= 0.3 is 0 Å². The third-order valence-corrected chi connectivity index (χ3v) is 3.76. The zero-order valence-electron chi connectivity index (χ0n) is 15.6. The predicted octanol–water partition coefficient (Wildman–Crippen LogP) is 2.76. The number of rotatable bonds is 9. The van der Waals surface area contributed by atoms with E-state index >= 15 is 0 Å². The second-order valence-electron chi connectivity index (χ2n) is 5.90. The minimum absolute atomic E-state index is 0. The fourth-order valence-corrected chi connectivity index (χ4v) is 2.32. The Labute approximate surface area is 172 Å². The molecule has 1 aliphatic carbocycles. The highest BCUT2D eigenvalue weighted by Crippen LogP contribution is 2.29. The monoisotopic (exact) mass is 476 g/mol. The quantitative estimate of drug-likeness (QED) is 0.221. The van der Waals surface area contributed by atoms with Crippen LogP contribution in [0, 0.1) is 0 Å². The molecule has 1 aliphatic rings. The molecule has 3 N–H and O–H groups in total. The zero-order valence-corrected chi connectivity index (χ0v) is 18.0. The molecule has 8 heteroatoms. The van der Waals surface area contributed by atoms with E-state index in [0.717, 1.165) is 31.5 Å². The van der Waals surface area contributed by atoms with E-state index in [1.807, 2.05) is 25.1 Å². The van der Waals surface area contributed by atoms with E-state index in [9.17, 15) is 4.79 Å². The molecule has 0 heterocycles. The van der Waals surface area contributed by atoms with Crippen molar-refractivity contribution in [3.63, 3.8) is 0 Å². The molecule has 2 rings (SSSR count). The predicted molar refractivity (Wildman–Crippen MR) is 115 cm³/mol. The number of aliphatic imine (C=N–C) groups is 1. The number of anilines is 1. The number of nitrogens with zero attached hydrogens (tertiary/aromatic N) is 1. The van der Waals surface area contributed by atoms with Gasteiger partial charge in [0.2, 0.25) is 5.91 Å². The molecule has 0 radical (unpaired) electrons. The Hall–Kier alpha value is -1.71. The van der Waals surface area contributed by atoms with Gasteiger partial charge in [-0.3, -0.25) is 9.79 Å². The van der Waals surface area contributed by atoms with Crippen LogP contribution >= 0.6 is 24.0 Å². The number of amides is 1. The molecule has 1 saturated carbocycles. The first kappa shape index (κ1) is 22.3. The maximum Gasteiger partial charge on any atom is 0.220 e. The van der Waals surface area contributed by atoms with Crippen molar-refractivity contribution >= 4 is 41.5 Å². The fourth-order valence-electron chi connectivity index (χ4n) is 2.32. The average molecular weight is 476 g/mol. The summed E-state index contributed by atoms with van der Waals surface area (Å²) in [7, 11) is 3.21. The Bertz CT molecular complexity index is 606. The zero-order chi connectivity index (χ0) is 18.1. The number of hydrogen-bond acceptors (Lipinski definition) is 4. The summed E-state index contributed by atoms with van der Waals surface area (Å²) in [6.45, 7) is 3.34. The van der Waals surface area contributed by atoms with E-state index in [1.54, 1.807) is 14.2 Å². The Morgan fingerprint density at radius 1 is 1.23 bits per heavy atom. The Morgan fingerprint density at radius 3 is 2.58 bits per heavy atom. The van der Waals surface area contributed by atoms with Crippen LogP contribution in [0.2, 0.25) is 0 Å². The van der Waals surface area contributed by atoms with Crippen LogP contribution in [0.5, 0.6) is 11.5 Å². The first-order valence-electron chi connectivity index (χ1n) is 8.73. The topological polar surface area (TPSA) is 84.0 Å². The van der Waals surface area contributed by atoms with Crippen LogP contribution in [0.1, 0.15) is 32.6 Å². The standard InChI is InChI=1S/C18H28N4O3.HI/c1-4-19-18(20-11-5-6-17(23)21-13-7-8-13)22-14-9-10-15(24-2)16(12-14)25-3;/h9-10,12-13H,4-8,11H2,1-3H3,(H,21,23)(H2,19,20,22);1H. The normalized spacial score (nSPS) is 13.4. The molecule has 0 atom stereocenters. The molecule has 1 aromatic carbocycles. The highest BCUT2D eigenvalue weighted by Gasteiger charge is 2.22. The second kappa shape index (κ2) is 11.8. The summed E-state index contributed by atoms with van der Waals surface area (Å²) >= 11 is 0. The lowest BCUT2D eigenvalue weighted by Crippen LogP contribution is -2.31. The second-order valence-corrected chi connectivity index (χ2v) is 5.90. The summed E-state index contributed by atoms with van der Waals surface area (Å²) in [6, 6.07) is 6.01. The fraction of sp³-hybridized carbons (Fsp3) is 0.556. The third-order valence-electron chi connectivity index (χ3n) is 3.76. The lowest BCUT2D eigenvalue weighted by molar-refractivity contribution is -0.121. The summed E-state index contributed by atoms with van der Waals surface area (Å²) in [4.78, 5) is 16.2. The molecule has 0 bridgehead atoms. The average Bonchev–Trinajstić information content (AvgIpc) is 3.42. The minimum Gasteiger partial charge on any atom is -0.493 e. The number of methoxy groups -OCH3 is 2. The van der Waals surface area contributed by atoms with Crippen molar-refractivity contribution in [3.8, 4) is 11.5 Å². The van der Waals surface area contributed by atoms with Crippen molar-refractivity contribution in [2.45, 2.75) is 38.6 Å². The number of benzene rings is 1. The number of halogens is 1. The van der Waals surface area contributed by atoms with E-state index in [1.165, 1.54) is 0 Å². The van der Waals surface area contributed by atoms with Gasteiger partial charge in [-0.2, -0.15) is 0 Å². The van der Waals surface area contributed by atoms with Gasteiger partial charge in [-0.05, 0) is 38.3 Å². The lowest BCUT2D eigenvalue weighted by Gasteiger charge is -2.13.